The first-order valence-electron chi connectivity index (χ1n) is 18.5. The molecule has 5 amide bonds. The van der Waals surface area contributed by atoms with Crippen molar-refractivity contribution in [3.8, 4) is 6.07 Å². The summed E-state index contributed by atoms with van der Waals surface area (Å²) in [5.74, 6) is -3.74. The standard InChI is InChI=1S/C38H39F4N9O6/c1-37(57,21-50-20-24(39)18-44-50)36(56)45-29-16-28(38(40,41)42)23(17-43)14-31(29)49-8-6-22(7-9-49)19-47-10-12-48(13-11-47)25-2-3-26-27(15-25)35(55)51(34(26)54)30-4-5-32(52)46-33(30)53/h2-3,14-16,18,20,22,30,57H,4-13,19,21H2,1H3,(H,45,56)(H,46,52,53). The molecular formula is C38H39F4N9O6. The number of piperazine rings is 1. The van der Waals surface area contributed by atoms with Crippen LogP contribution < -0.4 is 20.4 Å². The molecule has 0 bridgehead atoms. The molecule has 15 nitrogen and oxygen atoms in total. The van der Waals surface area contributed by atoms with Crippen LogP contribution in [0.4, 0.5) is 34.6 Å². The van der Waals surface area contributed by atoms with Crippen molar-refractivity contribution in [2.24, 2.45) is 5.92 Å². The van der Waals surface area contributed by atoms with Crippen LogP contribution in [0.1, 0.15) is 64.4 Å². The number of nitrogens with one attached hydrogen (secondary N) is 2. The number of halogens is 4. The number of carbonyl (C=O) groups excluding carboxylic acids is 5. The Morgan fingerprint density at radius 2 is 1.68 bits per heavy atom. The van der Waals surface area contributed by atoms with Crippen molar-refractivity contribution in [3.63, 3.8) is 0 Å². The third-order valence-electron chi connectivity index (χ3n) is 11.0. The topological polar surface area (TPSA) is 184 Å². The second kappa shape index (κ2) is 15.2. The van der Waals surface area contributed by atoms with E-state index in [0.717, 1.165) is 47.2 Å². The van der Waals surface area contributed by atoms with Crippen molar-refractivity contribution in [3.05, 3.63) is 70.8 Å². The van der Waals surface area contributed by atoms with E-state index in [1.54, 1.807) is 24.3 Å². The van der Waals surface area contributed by atoms with E-state index in [-0.39, 0.29) is 41.3 Å². The summed E-state index contributed by atoms with van der Waals surface area (Å²) in [4.78, 5) is 70.9. The minimum Gasteiger partial charge on any atom is -0.378 e. The molecule has 3 N–H and O–H groups in total. The average molecular weight is 794 g/mol. The number of benzene rings is 2. The van der Waals surface area contributed by atoms with Gasteiger partial charge in [0.2, 0.25) is 11.8 Å². The predicted octanol–water partition coefficient (Wildman–Crippen LogP) is 2.74. The molecule has 3 aromatic rings. The van der Waals surface area contributed by atoms with Crippen LogP contribution in [0.2, 0.25) is 0 Å². The number of nitriles is 1. The number of amides is 5. The summed E-state index contributed by atoms with van der Waals surface area (Å²) in [7, 11) is 0. The highest BCUT2D eigenvalue weighted by molar-refractivity contribution is 6.23. The van der Waals surface area contributed by atoms with Gasteiger partial charge in [0.15, 0.2) is 11.4 Å². The summed E-state index contributed by atoms with van der Waals surface area (Å²) in [6.45, 7) is 4.96. The van der Waals surface area contributed by atoms with Gasteiger partial charge in [-0.3, -0.25) is 43.8 Å². The van der Waals surface area contributed by atoms with E-state index >= 15 is 0 Å². The van der Waals surface area contributed by atoms with Crippen molar-refractivity contribution in [1.82, 2.24) is 24.9 Å². The number of fused-ring (bicyclic) bond motifs is 1. The normalized spacial score (nSPS) is 20.6. The van der Waals surface area contributed by atoms with E-state index in [4.69, 9.17) is 0 Å². The van der Waals surface area contributed by atoms with E-state index in [2.05, 4.69) is 25.5 Å². The van der Waals surface area contributed by atoms with Crippen LogP contribution >= 0.6 is 0 Å². The Morgan fingerprint density at radius 3 is 2.32 bits per heavy atom. The van der Waals surface area contributed by atoms with Crippen LogP contribution in [0.15, 0.2) is 42.7 Å². The second-order valence-electron chi connectivity index (χ2n) is 15.0. The number of piperidine rings is 2. The van der Waals surface area contributed by atoms with Gasteiger partial charge < -0.3 is 20.2 Å². The fraction of sp³-hybridized carbons (Fsp3) is 0.447. The predicted molar refractivity (Wildman–Crippen MR) is 194 cm³/mol. The molecule has 4 aliphatic rings. The highest BCUT2D eigenvalue weighted by Crippen LogP contribution is 2.40. The Bertz CT molecular complexity index is 2170. The number of alkyl halides is 3. The number of anilines is 3. The summed E-state index contributed by atoms with van der Waals surface area (Å²) in [6, 6.07) is 7.41. The lowest BCUT2D eigenvalue weighted by atomic mass is 9.94. The Kier molecular flexibility index (Phi) is 10.5. The lowest BCUT2D eigenvalue weighted by molar-refractivity contribution is -0.138. The maximum absolute atomic E-state index is 14.0. The third kappa shape index (κ3) is 8.05. The summed E-state index contributed by atoms with van der Waals surface area (Å²) >= 11 is 0. The number of imide groups is 2. The molecule has 2 unspecified atom stereocenters. The molecule has 2 aromatic carbocycles. The number of hydrogen-bond donors (Lipinski definition) is 3. The molecule has 57 heavy (non-hydrogen) atoms. The minimum absolute atomic E-state index is 0.0340. The molecule has 300 valence electrons. The Balaban J connectivity index is 0.967. The van der Waals surface area contributed by atoms with Gasteiger partial charge in [0.25, 0.3) is 17.7 Å². The van der Waals surface area contributed by atoms with Gasteiger partial charge in [0.1, 0.15) is 6.04 Å². The monoisotopic (exact) mass is 793 g/mol. The average Bonchev–Trinajstić information content (AvgIpc) is 3.69. The lowest BCUT2D eigenvalue weighted by Gasteiger charge is -2.40. The highest BCUT2D eigenvalue weighted by Gasteiger charge is 2.45. The fourth-order valence-corrected chi connectivity index (χ4v) is 7.91. The maximum Gasteiger partial charge on any atom is 0.417 e. The van der Waals surface area contributed by atoms with Crippen molar-refractivity contribution in [1.29, 1.82) is 5.26 Å². The van der Waals surface area contributed by atoms with E-state index in [0.29, 0.717) is 58.2 Å². The molecular weight excluding hydrogens is 754 g/mol. The van der Waals surface area contributed by atoms with Crippen molar-refractivity contribution in [2.45, 2.75) is 57.0 Å². The Morgan fingerprint density at radius 1 is 0.982 bits per heavy atom. The fourth-order valence-electron chi connectivity index (χ4n) is 7.91. The van der Waals surface area contributed by atoms with Crippen LogP contribution in [-0.4, -0.2) is 112 Å². The summed E-state index contributed by atoms with van der Waals surface area (Å²) in [5.41, 5.74) is -2.87. The summed E-state index contributed by atoms with van der Waals surface area (Å²) in [6.07, 6.45) is -1.60. The second-order valence-corrected chi connectivity index (χ2v) is 15.0. The molecule has 19 heteroatoms. The molecule has 2 atom stereocenters. The Labute approximate surface area is 323 Å². The maximum atomic E-state index is 14.0. The zero-order valence-electron chi connectivity index (χ0n) is 30.8. The van der Waals surface area contributed by atoms with E-state index < -0.39 is 70.8 Å². The van der Waals surface area contributed by atoms with Crippen molar-refractivity contribution >= 4 is 46.6 Å². The zero-order chi connectivity index (χ0) is 40.8. The SMILES string of the molecule is CC(O)(Cn1cc(F)cn1)C(=O)Nc1cc(C(F)(F)F)c(C#N)cc1N1CCC(CN2CCN(c3ccc4c(c3)C(=O)N(C3CCC(=O)NC3=O)C4=O)CC2)CC1. The molecule has 5 heterocycles. The first-order valence-corrected chi connectivity index (χ1v) is 18.5. The largest absolute Gasteiger partial charge is 0.417 e. The van der Waals surface area contributed by atoms with Gasteiger partial charge in [-0.1, -0.05) is 0 Å². The van der Waals surface area contributed by atoms with Crippen LogP contribution in [0.5, 0.6) is 0 Å². The number of aliphatic hydroxyl groups is 1. The van der Waals surface area contributed by atoms with Gasteiger partial charge in [-0.2, -0.15) is 23.5 Å². The highest BCUT2D eigenvalue weighted by atomic mass is 19.4. The number of nitrogens with zero attached hydrogens (tertiary/aromatic N) is 7. The molecule has 3 saturated heterocycles. The Hall–Kier alpha value is -5.87. The first-order chi connectivity index (χ1) is 27.0. The van der Waals surface area contributed by atoms with Crippen molar-refractivity contribution < 1.29 is 46.6 Å². The molecule has 4 aliphatic heterocycles. The summed E-state index contributed by atoms with van der Waals surface area (Å²) < 4.78 is 56.5. The molecule has 0 spiro atoms. The summed E-state index contributed by atoms with van der Waals surface area (Å²) in [5, 5.41) is 28.9. The van der Waals surface area contributed by atoms with E-state index in [9.17, 15) is 51.9 Å². The number of aromatic nitrogens is 2. The molecule has 0 saturated carbocycles. The van der Waals surface area contributed by atoms with Gasteiger partial charge in [-0.25, -0.2) is 4.39 Å². The van der Waals surface area contributed by atoms with Crippen LogP contribution in [0.25, 0.3) is 0 Å². The van der Waals surface area contributed by atoms with E-state index in [1.807, 2.05) is 4.90 Å². The zero-order valence-corrected chi connectivity index (χ0v) is 30.8. The number of hydrogen-bond acceptors (Lipinski definition) is 11. The van der Waals surface area contributed by atoms with Gasteiger partial charge >= 0.3 is 6.18 Å². The quantitative estimate of drug-likeness (QED) is 0.214. The molecule has 7 rings (SSSR count). The van der Waals surface area contributed by atoms with Crippen LogP contribution in [0.3, 0.4) is 0 Å². The minimum atomic E-state index is -4.90. The van der Waals surface area contributed by atoms with Crippen molar-refractivity contribution in [2.75, 3.05) is 60.9 Å². The molecule has 3 fully saturated rings. The van der Waals surface area contributed by atoms with Gasteiger partial charge in [-0.05, 0) is 62.4 Å². The van der Waals surface area contributed by atoms with E-state index in [1.165, 1.54) is 0 Å². The third-order valence-corrected chi connectivity index (χ3v) is 11.0. The molecule has 1 aromatic heterocycles. The lowest BCUT2D eigenvalue weighted by Crippen LogP contribution is -2.54. The smallest absolute Gasteiger partial charge is 0.378 e. The van der Waals surface area contributed by atoms with Crippen LogP contribution in [0, 0.1) is 23.1 Å². The number of rotatable bonds is 9. The van der Waals surface area contributed by atoms with Gasteiger partial charge in [-0.15, -0.1) is 0 Å². The number of carbonyl (C=O) groups is 5. The first kappa shape index (κ1) is 39.4. The molecule has 0 radical (unpaired) electrons. The van der Waals surface area contributed by atoms with Gasteiger partial charge in [0.05, 0.1) is 58.6 Å². The van der Waals surface area contributed by atoms with Gasteiger partial charge in [0, 0.05) is 57.9 Å². The van der Waals surface area contributed by atoms with Crippen LogP contribution in [-0.2, 0) is 27.1 Å². The molecule has 0 aliphatic carbocycles.